The van der Waals surface area contributed by atoms with Crippen molar-refractivity contribution in [3.05, 3.63) is 0 Å². The molecule has 1 unspecified atom stereocenters. The highest BCUT2D eigenvalue weighted by Gasteiger charge is 2.15. The molecule has 62 valence electrons. The molecule has 0 bridgehead atoms. The van der Waals surface area contributed by atoms with Gasteiger partial charge >= 0.3 is 0 Å². The van der Waals surface area contributed by atoms with Crippen LogP contribution in [0.25, 0.3) is 0 Å². The molecule has 11 heavy (non-hydrogen) atoms. The monoisotopic (exact) mass is 152 g/mol. The maximum atomic E-state index is 8.40. The van der Waals surface area contributed by atoms with Crippen LogP contribution in [0.3, 0.4) is 0 Å². The van der Waals surface area contributed by atoms with E-state index in [2.05, 4.69) is 18.0 Å². The largest absolute Gasteiger partial charge is 0.306 e. The van der Waals surface area contributed by atoms with Gasteiger partial charge in [0.15, 0.2) is 0 Å². The second kappa shape index (κ2) is 4.35. The van der Waals surface area contributed by atoms with Crippen LogP contribution in [-0.2, 0) is 0 Å². The lowest BCUT2D eigenvalue weighted by atomic mass is 9.94. The van der Waals surface area contributed by atoms with Crippen LogP contribution < -0.4 is 0 Å². The van der Waals surface area contributed by atoms with E-state index < -0.39 is 0 Å². The second-order valence-electron chi connectivity index (χ2n) is 3.47. The minimum atomic E-state index is 0.735. The van der Waals surface area contributed by atoms with Gasteiger partial charge in [-0.3, -0.25) is 0 Å². The van der Waals surface area contributed by atoms with Gasteiger partial charge in [0.1, 0.15) is 0 Å². The average molecular weight is 152 g/mol. The molecule has 0 amide bonds. The summed E-state index contributed by atoms with van der Waals surface area (Å²) < 4.78 is 0. The molecule has 0 N–H and O–H groups in total. The van der Waals surface area contributed by atoms with Gasteiger partial charge in [0.25, 0.3) is 0 Å². The summed E-state index contributed by atoms with van der Waals surface area (Å²) >= 11 is 0. The van der Waals surface area contributed by atoms with E-state index in [1.54, 1.807) is 0 Å². The lowest BCUT2D eigenvalue weighted by Gasteiger charge is -2.28. The number of nitrogens with zero attached hydrogens (tertiary/aromatic N) is 2. The summed E-state index contributed by atoms with van der Waals surface area (Å²) in [6.07, 6.45) is 4.47. The highest BCUT2D eigenvalue weighted by Crippen LogP contribution is 2.19. The van der Waals surface area contributed by atoms with Crippen LogP contribution in [-0.4, -0.2) is 25.0 Å². The molecule has 0 aromatic rings. The Morgan fingerprint density at radius 1 is 1.64 bits per heavy atom. The van der Waals surface area contributed by atoms with E-state index in [9.17, 15) is 0 Å². The number of likely N-dealkylation sites (tertiary alicyclic amines) is 1. The molecule has 1 saturated heterocycles. The van der Waals surface area contributed by atoms with Crippen molar-refractivity contribution in [2.75, 3.05) is 20.1 Å². The summed E-state index contributed by atoms with van der Waals surface area (Å²) in [6, 6.07) is 2.21. The highest BCUT2D eigenvalue weighted by molar-refractivity contribution is 4.76. The lowest BCUT2D eigenvalue weighted by Crippen LogP contribution is -2.31. The van der Waals surface area contributed by atoms with Gasteiger partial charge in [0.05, 0.1) is 6.07 Å². The highest BCUT2D eigenvalue weighted by atomic mass is 15.1. The van der Waals surface area contributed by atoms with Gasteiger partial charge in [-0.15, -0.1) is 0 Å². The summed E-state index contributed by atoms with van der Waals surface area (Å²) in [5, 5.41) is 8.40. The summed E-state index contributed by atoms with van der Waals surface area (Å²) in [4.78, 5) is 2.37. The van der Waals surface area contributed by atoms with Crippen molar-refractivity contribution in [1.82, 2.24) is 4.90 Å². The SMILES string of the molecule is CN1CCCC(CCC#N)C1. The third kappa shape index (κ3) is 2.90. The Kier molecular flexibility index (Phi) is 3.38. The first-order chi connectivity index (χ1) is 5.33. The molecular formula is C9H16N2. The Morgan fingerprint density at radius 3 is 3.09 bits per heavy atom. The molecule has 1 aliphatic rings. The van der Waals surface area contributed by atoms with Crippen molar-refractivity contribution in [1.29, 1.82) is 5.26 Å². The number of hydrogen-bond donors (Lipinski definition) is 0. The normalized spacial score (nSPS) is 26.4. The predicted octanol–water partition coefficient (Wildman–Crippen LogP) is 1.63. The summed E-state index contributed by atoms with van der Waals surface area (Å²) in [5.41, 5.74) is 0. The van der Waals surface area contributed by atoms with Crippen molar-refractivity contribution >= 4 is 0 Å². The fraction of sp³-hybridized carbons (Fsp3) is 0.889. The number of nitriles is 1. The quantitative estimate of drug-likeness (QED) is 0.601. The minimum Gasteiger partial charge on any atom is -0.306 e. The number of rotatable bonds is 2. The number of hydrogen-bond acceptors (Lipinski definition) is 2. The van der Waals surface area contributed by atoms with Crippen LogP contribution >= 0.6 is 0 Å². The standard InChI is InChI=1S/C9H16N2/c1-11-7-3-5-9(8-11)4-2-6-10/h9H,2-5,7-8H2,1H3. The van der Waals surface area contributed by atoms with Gasteiger partial charge in [0, 0.05) is 13.0 Å². The zero-order valence-electron chi connectivity index (χ0n) is 7.21. The molecular weight excluding hydrogens is 136 g/mol. The summed E-state index contributed by atoms with van der Waals surface area (Å²) in [5.74, 6) is 0.786. The molecule has 1 atom stereocenters. The van der Waals surface area contributed by atoms with Gasteiger partial charge in [-0.25, -0.2) is 0 Å². The van der Waals surface area contributed by atoms with Crippen LogP contribution in [0.4, 0.5) is 0 Å². The van der Waals surface area contributed by atoms with E-state index in [-0.39, 0.29) is 0 Å². The van der Waals surface area contributed by atoms with Crippen molar-refractivity contribution in [2.45, 2.75) is 25.7 Å². The molecule has 0 aromatic heterocycles. The molecule has 1 heterocycles. The Bertz CT molecular complexity index is 148. The zero-order chi connectivity index (χ0) is 8.10. The Balaban J connectivity index is 2.18. The average Bonchev–Trinajstić information content (AvgIpc) is 2.01. The molecule has 0 saturated carbocycles. The summed E-state index contributed by atoms with van der Waals surface area (Å²) in [7, 11) is 2.17. The maximum Gasteiger partial charge on any atom is 0.0621 e. The van der Waals surface area contributed by atoms with Crippen LogP contribution in [0.15, 0.2) is 0 Å². The van der Waals surface area contributed by atoms with Gasteiger partial charge in [0.2, 0.25) is 0 Å². The molecule has 0 aromatic carbocycles. The third-order valence-electron chi connectivity index (χ3n) is 2.39. The molecule has 0 radical (unpaired) electrons. The van der Waals surface area contributed by atoms with Gasteiger partial charge < -0.3 is 4.90 Å². The first-order valence-electron chi connectivity index (χ1n) is 4.38. The zero-order valence-corrected chi connectivity index (χ0v) is 7.21. The van der Waals surface area contributed by atoms with Crippen LogP contribution in [0.1, 0.15) is 25.7 Å². The van der Waals surface area contributed by atoms with Crippen molar-refractivity contribution < 1.29 is 0 Å². The molecule has 2 heteroatoms. The van der Waals surface area contributed by atoms with Crippen LogP contribution in [0.5, 0.6) is 0 Å². The lowest BCUT2D eigenvalue weighted by molar-refractivity contribution is 0.203. The van der Waals surface area contributed by atoms with Crippen LogP contribution in [0.2, 0.25) is 0 Å². The molecule has 2 nitrogen and oxygen atoms in total. The van der Waals surface area contributed by atoms with Gasteiger partial charge in [-0.1, -0.05) is 0 Å². The topological polar surface area (TPSA) is 27.0 Å². The first kappa shape index (κ1) is 8.55. The van der Waals surface area contributed by atoms with Gasteiger partial charge in [-0.05, 0) is 38.8 Å². The van der Waals surface area contributed by atoms with E-state index in [4.69, 9.17) is 5.26 Å². The number of piperidine rings is 1. The minimum absolute atomic E-state index is 0.735. The molecule has 0 aliphatic carbocycles. The Morgan fingerprint density at radius 2 is 2.45 bits per heavy atom. The third-order valence-corrected chi connectivity index (χ3v) is 2.39. The fourth-order valence-electron chi connectivity index (χ4n) is 1.78. The van der Waals surface area contributed by atoms with Gasteiger partial charge in [-0.2, -0.15) is 5.26 Å². The molecule has 1 aliphatic heterocycles. The van der Waals surface area contributed by atoms with E-state index in [1.807, 2.05) is 0 Å². The summed E-state index contributed by atoms with van der Waals surface area (Å²) in [6.45, 7) is 2.44. The van der Waals surface area contributed by atoms with Crippen molar-refractivity contribution in [3.63, 3.8) is 0 Å². The van der Waals surface area contributed by atoms with Crippen molar-refractivity contribution in [3.8, 4) is 6.07 Å². The molecule has 1 rings (SSSR count). The molecule has 0 spiro atoms. The van der Waals surface area contributed by atoms with E-state index in [1.165, 1.54) is 25.9 Å². The van der Waals surface area contributed by atoms with Crippen LogP contribution in [0, 0.1) is 17.2 Å². The fourth-order valence-corrected chi connectivity index (χ4v) is 1.78. The predicted molar refractivity (Wildman–Crippen MR) is 45.1 cm³/mol. The van der Waals surface area contributed by atoms with Crippen molar-refractivity contribution in [2.24, 2.45) is 5.92 Å². The van der Waals surface area contributed by atoms with E-state index in [0.29, 0.717) is 0 Å². The smallest absolute Gasteiger partial charge is 0.0621 e. The molecule has 1 fully saturated rings. The Labute approximate surface area is 68.8 Å². The van der Waals surface area contributed by atoms with E-state index in [0.717, 1.165) is 18.8 Å². The second-order valence-corrected chi connectivity index (χ2v) is 3.47. The van der Waals surface area contributed by atoms with E-state index >= 15 is 0 Å². The Hall–Kier alpha value is -0.550. The first-order valence-corrected chi connectivity index (χ1v) is 4.38. The maximum absolute atomic E-state index is 8.40.